The molecule has 3 heteroatoms. The number of pyridine rings is 1. The van der Waals surface area contributed by atoms with Crippen molar-refractivity contribution in [3.8, 4) is 6.07 Å². The highest BCUT2D eigenvalue weighted by molar-refractivity contribution is 5.40. The average molecular weight is 203 g/mol. The number of aromatic nitrogens is 1. The van der Waals surface area contributed by atoms with Crippen molar-refractivity contribution in [3.05, 3.63) is 23.9 Å². The molecule has 1 rings (SSSR count). The first-order chi connectivity index (χ1) is 7.07. The zero-order valence-corrected chi connectivity index (χ0v) is 9.54. The van der Waals surface area contributed by atoms with Gasteiger partial charge in [-0.3, -0.25) is 0 Å². The fourth-order valence-electron chi connectivity index (χ4n) is 1.57. The van der Waals surface area contributed by atoms with Crippen molar-refractivity contribution in [2.75, 3.05) is 5.32 Å². The van der Waals surface area contributed by atoms with Crippen LogP contribution in [0.4, 0.5) is 5.82 Å². The Hall–Kier alpha value is -1.56. The van der Waals surface area contributed by atoms with Gasteiger partial charge in [0.05, 0.1) is 5.56 Å². The van der Waals surface area contributed by atoms with Crippen LogP contribution in [0, 0.1) is 11.3 Å². The molecule has 0 unspecified atom stereocenters. The molecule has 3 nitrogen and oxygen atoms in total. The van der Waals surface area contributed by atoms with Crippen LogP contribution < -0.4 is 5.32 Å². The monoisotopic (exact) mass is 203 g/mol. The summed E-state index contributed by atoms with van der Waals surface area (Å²) in [5.74, 6) is 0.826. The van der Waals surface area contributed by atoms with Gasteiger partial charge in [-0.15, -0.1) is 0 Å². The van der Waals surface area contributed by atoms with Crippen molar-refractivity contribution >= 4 is 5.82 Å². The molecule has 0 fully saturated rings. The standard InChI is InChI=1S/C12H17N3/c1-4-7-12(2,3)15-11-6-5-10(8-13)9-14-11/h5-6,9H,4,7H2,1-3H3,(H,14,15). The first kappa shape index (κ1) is 11.5. The summed E-state index contributed by atoms with van der Waals surface area (Å²) in [5, 5.41) is 12.0. The van der Waals surface area contributed by atoms with Gasteiger partial charge in [-0.25, -0.2) is 4.98 Å². The van der Waals surface area contributed by atoms with Gasteiger partial charge in [0.25, 0.3) is 0 Å². The number of nitrogens with zero attached hydrogens (tertiary/aromatic N) is 2. The molecule has 1 aromatic rings. The molecule has 0 saturated carbocycles. The van der Waals surface area contributed by atoms with Crippen molar-refractivity contribution in [1.29, 1.82) is 5.26 Å². The predicted octanol–water partition coefficient (Wildman–Crippen LogP) is 2.94. The molecule has 0 saturated heterocycles. The van der Waals surface area contributed by atoms with Crippen LogP contribution in [0.3, 0.4) is 0 Å². The maximum Gasteiger partial charge on any atom is 0.126 e. The van der Waals surface area contributed by atoms with Gasteiger partial charge in [-0.1, -0.05) is 13.3 Å². The van der Waals surface area contributed by atoms with E-state index >= 15 is 0 Å². The Bertz CT molecular complexity index is 346. The molecule has 0 radical (unpaired) electrons. The average Bonchev–Trinajstić information content (AvgIpc) is 2.18. The Labute approximate surface area is 91.1 Å². The van der Waals surface area contributed by atoms with E-state index in [0.717, 1.165) is 18.7 Å². The van der Waals surface area contributed by atoms with E-state index in [9.17, 15) is 0 Å². The largest absolute Gasteiger partial charge is 0.365 e. The number of nitrogens with one attached hydrogen (secondary N) is 1. The zero-order valence-electron chi connectivity index (χ0n) is 9.54. The van der Waals surface area contributed by atoms with E-state index in [-0.39, 0.29) is 5.54 Å². The number of hydrogen-bond acceptors (Lipinski definition) is 3. The van der Waals surface area contributed by atoms with E-state index < -0.39 is 0 Å². The van der Waals surface area contributed by atoms with E-state index in [1.807, 2.05) is 6.07 Å². The summed E-state index contributed by atoms with van der Waals surface area (Å²) in [4.78, 5) is 4.18. The highest BCUT2D eigenvalue weighted by Gasteiger charge is 2.16. The van der Waals surface area contributed by atoms with Crippen LogP contribution in [0.1, 0.15) is 39.2 Å². The molecule has 1 heterocycles. The van der Waals surface area contributed by atoms with Gasteiger partial charge in [0, 0.05) is 11.7 Å². The van der Waals surface area contributed by atoms with E-state index in [1.54, 1.807) is 12.3 Å². The van der Waals surface area contributed by atoms with Crippen LogP contribution in [0.25, 0.3) is 0 Å². The minimum atomic E-state index is 0.0515. The van der Waals surface area contributed by atoms with E-state index in [4.69, 9.17) is 5.26 Å². The second-order valence-corrected chi connectivity index (χ2v) is 4.30. The van der Waals surface area contributed by atoms with Crippen LogP contribution in [-0.2, 0) is 0 Å². The van der Waals surface area contributed by atoms with Gasteiger partial charge in [0.15, 0.2) is 0 Å². The minimum Gasteiger partial charge on any atom is -0.365 e. The Morgan fingerprint density at radius 3 is 2.67 bits per heavy atom. The summed E-state index contributed by atoms with van der Waals surface area (Å²) < 4.78 is 0. The molecule has 0 aliphatic heterocycles. The first-order valence-electron chi connectivity index (χ1n) is 5.22. The van der Waals surface area contributed by atoms with Crippen LogP contribution in [0.5, 0.6) is 0 Å². The molecule has 0 aromatic carbocycles. The molecule has 1 aromatic heterocycles. The quantitative estimate of drug-likeness (QED) is 0.818. The summed E-state index contributed by atoms with van der Waals surface area (Å²) in [5.41, 5.74) is 0.643. The number of nitriles is 1. The molecule has 0 bridgehead atoms. The second kappa shape index (κ2) is 4.79. The third kappa shape index (κ3) is 3.59. The summed E-state index contributed by atoms with van der Waals surface area (Å²) in [6, 6.07) is 5.67. The summed E-state index contributed by atoms with van der Waals surface area (Å²) in [6.07, 6.45) is 3.81. The number of hydrogen-bond donors (Lipinski definition) is 1. The molecule has 1 N–H and O–H groups in total. The Morgan fingerprint density at radius 1 is 1.47 bits per heavy atom. The molecule has 0 aliphatic rings. The molecule has 0 spiro atoms. The van der Waals surface area contributed by atoms with Crippen LogP contribution in [0.2, 0.25) is 0 Å². The SMILES string of the molecule is CCCC(C)(C)Nc1ccc(C#N)cn1. The van der Waals surface area contributed by atoms with Gasteiger partial charge in [-0.2, -0.15) is 5.26 Å². The van der Waals surface area contributed by atoms with Crippen LogP contribution in [0.15, 0.2) is 18.3 Å². The maximum atomic E-state index is 8.63. The highest BCUT2D eigenvalue weighted by atomic mass is 15.0. The topological polar surface area (TPSA) is 48.7 Å². The van der Waals surface area contributed by atoms with Crippen molar-refractivity contribution < 1.29 is 0 Å². The van der Waals surface area contributed by atoms with E-state index in [1.165, 1.54) is 0 Å². The van der Waals surface area contributed by atoms with Gasteiger partial charge < -0.3 is 5.32 Å². The Balaban J connectivity index is 2.69. The zero-order chi connectivity index (χ0) is 11.3. The molecule has 0 amide bonds. The lowest BCUT2D eigenvalue weighted by molar-refractivity contribution is 0.509. The fourth-order valence-corrected chi connectivity index (χ4v) is 1.57. The molecule has 0 atom stereocenters. The lowest BCUT2D eigenvalue weighted by Gasteiger charge is -2.26. The lowest BCUT2D eigenvalue weighted by Crippen LogP contribution is -2.30. The molecule has 0 aliphatic carbocycles. The van der Waals surface area contributed by atoms with Crippen molar-refractivity contribution in [2.45, 2.75) is 39.2 Å². The van der Waals surface area contributed by atoms with Crippen LogP contribution in [-0.4, -0.2) is 10.5 Å². The minimum absolute atomic E-state index is 0.0515. The van der Waals surface area contributed by atoms with Gasteiger partial charge in [0.2, 0.25) is 0 Å². The smallest absolute Gasteiger partial charge is 0.126 e. The molecule has 15 heavy (non-hydrogen) atoms. The second-order valence-electron chi connectivity index (χ2n) is 4.30. The molecule has 80 valence electrons. The lowest BCUT2D eigenvalue weighted by atomic mass is 9.99. The summed E-state index contributed by atoms with van der Waals surface area (Å²) >= 11 is 0. The van der Waals surface area contributed by atoms with Gasteiger partial charge >= 0.3 is 0 Å². The number of rotatable bonds is 4. The molecular formula is C12H17N3. The third-order valence-corrected chi connectivity index (χ3v) is 2.23. The van der Waals surface area contributed by atoms with Crippen molar-refractivity contribution in [2.24, 2.45) is 0 Å². The fraction of sp³-hybridized carbons (Fsp3) is 0.500. The third-order valence-electron chi connectivity index (χ3n) is 2.23. The van der Waals surface area contributed by atoms with Crippen molar-refractivity contribution in [1.82, 2.24) is 4.98 Å². The van der Waals surface area contributed by atoms with Gasteiger partial charge in [0.1, 0.15) is 11.9 Å². The summed E-state index contributed by atoms with van der Waals surface area (Å²) in [7, 11) is 0. The first-order valence-corrected chi connectivity index (χ1v) is 5.22. The molecular weight excluding hydrogens is 186 g/mol. The van der Waals surface area contributed by atoms with Crippen molar-refractivity contribution in [3.63, 3.8) is 0 Å². The van der Waals surface area contributed by atoms with E-state index in [2.05, 4.69) is 37.1 Å². The predicted molar refractivity (Wildman–Crippen MR) is 61.6 cm³/mol. The van der Waals surface area contributed by atoms with Gasteiger partial charge in [-0.05, 0) is 32.4 Å². The van der Waals surface area contributed by atoms with Crippen LogP contribution >= 0.6 is 0 Å². The normalized spacial score (nSPS) is 10.8. The highest BCUT2D eigenvalue weighted by Crippen LogP contribution is 2.17. The maximum absolute atomic E-state index is 8.63. The number of anilines is 1. The Morgan fingerprint density at radius 2 is 2.20 bits per heavy atom. The Kier molecular flexibility index (Phi) is 3.68. The summed E-state index contributed by atoms with van der Waals surface area (Å²) in [6.45, 7) is 6.46. The van der Waals surface area contributed by atoms with E-state index in [0.29, 0.717) is 5.56 Å².